The van der Waals surface area contributed by atoms with Gasteiger partial charge < -0.3 is 15.0 Å². The maximum atomic E-state index is 12.2. The molecule has 0 aliphatic carbocycles. The fraction of sp³-hybridized carbons (Fsp3) is 0.929. The summed E-state index contributed by atoms with van der Waals surface area (Å²) in [4.78, 5) is 16.5. The van der Waals surface area contributed by atoms with Gasteiger partial charge in [0, 0.05) is 19.6 Å². The predicted octanol–water partition coefficient (Wildman–Crippen LogP) is 0.167. The Labute approximate surface area is 116 Å². The van der Waals surface area contributed by atoms with Crippen molar-refractivity contribution in [2.75, 3.05) is 59.0 Å². The van der Waals surface area contributed by atoms with Crippen LogP contribution in [0.4, 0.5) is 0 Å². The topological polar surface area (TPSA) is 44.8 Å². The molecule has 0 aromatic carbocycles. The minimum absolute atomic E-state index is 0.271. The Morgan fingerprint density at radius 1 is 1.32 bits per heavy atom. The molecule has 2 aliphatic rings. The number of nitrogens with zero attached hydrogens (tertiary/aromatic N) is 2. The molecule has 19 heavy (non-hydrogen) atoms. The fourth-order valence-electron chi connectivity index (χ4n) is 2.91. The van der Waals surface area contributed by atoms with Gasteiger partial charge in [0.2, 0.25) is 5.91 Å². The number of carbonyl (C=O) groups excluding carboxylic acids is 1. The van der Waals surface area contributed by atoms with Crippen LogP contribution in [0.5, 0.6) is 0 Å². The molecule has 0 aromatic rings. The number of morpholine rings is 1. The summed E-state index contributed by atoms with van der Waals surface area (Å²) >= 11 is 0. The van der Waals surface area contributed by atoms with Crippen molar-refractivity contribution in [2.45, 2.75) is 19.8 Å². The van der Waals surface area contributed by atoms with Gasteiger partial charge in [0.1, 0.15) is 0 Å². The summed E-state index contributed by atoms with van der Waals surface area (Å²) in [6.07, 6.45) is 2.50. The molecule has 5 heteroatoms. The number of likely N-dealkylation sites (tertiary alicyclic amines) is 1. The van der Waals surface area contributed by atoms with Crippen LogP contribution in [0.2, 0.25) is 0 Å². The molecule has 5 nitrogen and oxygen atoms in total. The minimum Gasteiger partial charge on any atom is -0.378 e. The molecule has 2 heterocycles. The number of piperidine rings is 1. The molecule has 2 aliphatic heterocycles. The van der Waals surface area contributed by atoms with Gasteiger partial charge in [-0.2, -0.15) is 0 Å². The van der Waals surface area contributed by atoms with Crippen LogP contribution in [-0.4, -0.2) is 74.7 Å². The van der Waals surface area contributed by atoms with E-state index in [0.29, 0.717) is 25.7 Å². The highest BCUT2D eigenvalue weighted by Gasteiger charge is 2.24. The number of hydrogen-bond acceptors (Lipinski definition) is 4. The average Bonchev–Trinajstić information content (AvgIpc) is 2.46. The second-order valence-electron chi connectivity index (χ2n) is 5.54. The lowest BCUT2D eigenvalue weighted by Crippen LogP contribution is -2.48. The van der Waals surface area contributed by atoms with Gasteiger partial charge in [-0.05, 0) is 38.4 Å². The highest BCUT2D eigenvalue weighted by atomic mass is 16.5. The van der Waals surface area contributed by atoms with Gasteiger partial charge in [-0.1, -0.05) is 6.92 Å². The van der Waals surface area contributed by atoms with Crippen molar-refractivity contribution < 1.29 is 9.53 Å². The molecule has 0 radical (unpaired) electrons. The van der Waals surface area contributed by atoms with Gasteiger partial charge in [0.15, 0.2) is 0 Å². The number of amides is 1. The van der Waals surface area contributed by atoms with E-state index in [4.69, 9.17) is 4.74 Å². The third-order valence-electron chi connectivity index (χ3n) is 4.01. The highest BCUT2D eigenvalue weighted by molar-refractivity contribution is 5.78. The molecular weight excluding hydrogens is 242 g/mol. The third-order valence-corrected chi connectivity index (χ3v) is 4.01. The van der Waals surface area contributed by atoms with E-state index in [9.17, 15) is 4.79 Å². The molecular formula is C14H27N3O2. The molecule has 1 atom stereocenters. The Morgan fingerprint density at radius 2 is 2.11 bits per heavy atom. The Bertz CT molecular complexity index is 280. The molecule has 0 bridgehead atoms. The van der Waals surface area contributed by atoms with Crippen LogP contribution in [0.1, 0.15) is 19.8 Å². The van der Waals surface area contributed by atoms with E-state index in [1.54, 1.807) is 0 Å². The normalized spacial score (nSPS) is 25.5. The van der Waals surface area contributed by atoms with E-state index in [2.05, 4.69) is 17.1 Å². The van der Waals surface area contributed by atoms with Crippen LogP contribution in [0.15, 0.2) is 0 Å². The summed E-state index contributed by atoms with van der Waals surface area (Å²) in [6, 6.07) is 0. The van der Waals surface area contributed by atoms with Crippen molar-refractivity contribution in [3.63, 3.8) is 0 Å². The van der Waals surface area contributed by atoms with Gasteiger partial charge in [0.25, 0.3) is 0 Å². The Balaban J connectivity index is 1.73. The van der Waals surface area contributed by atoms with Gasteiger partial charge in [-0.15, -0.1) is 0 Å². The SMILES string of the molecule is CCNCC1CCCN(CC(=O)N2CCOCC2)C1. The van der Waals surface area contributed by atoms with E-state index in [1.165, 1.54) is 12.8 Å². The second kappa shape index (κ2) is 7.82. The van der Waals surface area contributed by atoms with E-state index in [1.807, 2.05) is 4.90 Å². The van der Waals surface area contributed by atoms with Crippen LogP contribution in [0, 0.1) is 5.92 Å². The van der Waals surface area contributed by atoms with Crippen LogP contribution < -0.4 is 5.32 Å². The summed E-state index contributed by atoms with van der Waals surface area (Å²) in [5.41, 5.74) is 0. The molecule has 0 saturated carbocycles. The molecule has 110 valence electrons. The van der Waals surface area contributed by atoms with Crippen molar-refractivity contribution in [1.82, 2.24) is 15.1 Å². The van der Waals surface area contributed by atoms with Crippen molar-refractivity contribution >= 4 is 5.91 Å². The zero-order valence-corrected chi connectivity index (χ0v) is 12.1. The largest absolute Gasteiger partial charge is 0.378 e. The quantitative estimate of drug-likeness (QED) is 0.772. The number of hydrogen-bond donors (Lipinski definition) is 1. The van der Waals surface area contributed by atoms with E-state index in [-0.39, 0.29) is 5.91 Å². The molecule has 1 N–H and O–H groups in total. The number of nitrogens with one attached hydrogen (secondary N) is 1. The fourth-order valence-corrected chi connectivity index (χ4v) is 2.91. The standard InChI is InChI=1S/C14H27N3O2/c1-2-15-10-13-4-3-5-16(11-13)12-14(18)17-6-8-19-9-7-17/h13,15H,2-12H2,1H3. The minimum atomic E-state index is 0.271. The molecule has 1 unspecified atom stereocenters. The van der Waals surface area contributed by atoms with Crippen molar-refractivity contribution in [3.8, 4) is 0 Å². The van der Waals surface area contributed by atoms with E-state index in [0.717, 1.165) is 39.3 Å². The number of carbonyl (C=O) groups is 1. The van der Waals surface area contributed by atoms with Gasteiger partial charge in [-0.25, -0.2) is 0 Å². The second-order valence-corrected chi connectivity index (χ2v) is 5.54. The molecule has 0 aromatic heterocycles. The molecule has 2 saturated heterocycles. The molecule has 0 spiro atoms. The summed E-state index contributed by atoms with van der Waals surface area (Å²) in [5, 5.41) is 3.42. The Hall–Kier alpha value is -0.650. The first kappa shape index (κ1) is 14.8. The maximum Gasteiger partial charge on any atom is 0.236 e. The smallest absolute Gasteiger partial charge is 0.236 e. The summed E-state index contributed by atoms with van der Waals surface area (Å²) in [6.45, 7) is 9.86. The monoisotopic (exact) mass is 269 g/mol. The van der Waals surface area contributed by atoms with Crippen LogP contribution in [-0.2, 0) is 9.53 Å². The third kappa shape index (κ3) is 4.75. The van der Waals surface area contributed by atoms with Crippen LogP contribution in [0.25, 0.3) is 0 Å². The lowest BCUT2D eigenvalue weighted by Gasteiger charge is -2.34. The summed E-state index contributed by atoms with van der Waals surface area (Å²) in [5.74, 6) is 0.971. The maximum absolute atomic E-state index is 12.2. The average molecular weight is 269 g/mol. The van der Waals surface area contributed by atoms with Crippen molar-refractivity contribution in [1.29, 1.82) is 0 Å². The first-order valence-corrected chi connectivity index (χ1v) is 7.58. The Morgan fingerprint density at radius 3 is 2.84 bits per heavy atom. The lowest BCUT2D eigenvalue weighted by atomic mass is 9.98. The van der Waals surface area contributed by atoms with Crippen LogP contribution >= 0.6 is 0 Å². The van der Waals surface area contributed by atoms with Crippen molar-refractivity contribution in [3.05, 3.63) is 0 Å². The first-order valence-electron chi connectivity index (χ1n) is 7.58. The summed E-state index contributed by atoms with van der Waals surface area (Å²) in [7, 11) is 0. The van der Waals surface area contributed by atoms with E-state index < -0.39 is 0 Å². The molecule has 1 amide bonds. The lowest BCUT2D eigenvalue weighted by molar-refractivity contribution is -0.136. The predicted molar refractivity (Wildman–Crippen MR) is 75.1 cm³/mol. The first-order chi connectivity index (χ1) is 9.29. The van der Waals surface area contributed by atoms with E-state index >= 15 is 0 Å². The van der Waals surface area contributed by atoms with Crippen molar-refractivity contribution in [2.24, 2.45) is 5.92 Å². The molecule has 2 fully saturated rings. The zero-order chi connectivity index (χ0) is 13.5. The van der Waals surface area contributed by atoms with Crippen LogP contribution in [0.3, 0.4) is 0 Å². The van der Waals surface area contributed by atoms with Gasteiger partial charge in [-0.3, -0.25) is 9.69 Å². The number of rotatable bonds is 5. The highest BCUT2D eigenvalue weighted by Crippen LogP contribution is 2.15. The summed E-state index contributed by atoms with van der Waals surface area (Å²) < 4.78 is 5.29. The number of ether oxygens (including phenoxy) is 1. The zero-order valence-electron chi connectivity index (χ0n) is 12.1. The Kier molecular flexibility index (Phi) is 6.07. The van der Waals surface area contributed by atoms with Gasteiger partial charge >= 0.3 is 0 Å². The van der Waals surface area contributed by atoms with Gasteiger partial charge in [0.05, 0.1) is 19.8 Å². The molecule has 2 rings (SSSR count).